The quantitative estimate of drug-likeness (QED) is 0.549. The lowest BCUT2D eigenvalue weighted by Gasteiger charge is -2.10. The number of hydrogen-bond acceptors (Lipinski definition) is 4. The number of rotatable bonds is 5. The van der Waals surface area contributed by atoms with E-state index in [4.69, 9.17) is 4.74 Å². The first-order valence-electron chi connectivity index (χ1n) is 9.57. The van der Waals surface area contributed by atoms with E-state index in [9.17, 15) is 9.59 Å². The Kier molecular flexibility index (Phi) is 5.30. The summed E-state index contributed by atoms with van der Waals surface area (Å²) < 4.78 is 7.30. The Balaban J connectivity index is 1.56. The highest BCUT2D eigenvalue weighted by molar-refractivity contribution is 6.04. The number of fused-ring (bicyclic) bond motifs is 1. The van der Waals surface area contributed by atoms with Gasteiger partial charge >= 0.3 is 0 Å². The Morgan fingerprint density at radius 3 is 2.63 bits per heavy atom. The molecule has 1 aromatic heterocycles. The van der Waals surface area contributed by atoms with Crippen LogP contribution in [0.3, 0.4) is 0 Å². The van der Waals surface area contributed by atoms with E-state index in [0.29, 0.717) is 23.2 Å². The number of aromatic nitrogens is 2. The molecule has 4 aromatic rings. The number of amides is 1. The molecule has 0 spiro atoms. The molecule has 0 aliphatic carbocycles. The molecule has 0 atom stereocenters. The first-order valence-corrected chi connectivity index (χ1v) is 9.57. The largest absolute Gasteiger partial charge is 0.489 e. The van der Waals surface area contributed by atoms with Gasteiger partial charge in [-0.05, 0) is 48.9 Å². The van der Waals surface area contributed by atoms with Gasteiger partial charge in [-0.3, -0.25) is 14.3 Å². The van der Waals surface area contributed by atoms with Crippen LogP contribution in [0.15, 0.2) is 77.6 Å². The van der Waals surface area contributed by atoms with E-state index in [1.807, 2.05) is 67.6 Å². The van der Waals surface area contributed by atoms with E-state index in [1.54, 1.807) is 23.9 Å². The number of nitrogens with zero attached hydrogens (tertiary/aromatic N) is 2. The molecular weight excluding hydrogens is 378 g/mol. The molecule has 0 aliphatic heterocycles. The second-order valence-electron chi connectivity index (χ2n) is 7.08. The molecule has 6 nitrogen and oxygen atoms in total. The van der Waals surface area contributed by atoms with Gasteiger partial charge in [0.2, 0.25) is 5.43 Å². The maximum Gasteiger partial charge on any atom is 0.280 e. The minimum Gasteiger partial charge on any atom is -0.489 e. The van der Waals surface area contributed by atoms with E-state index in [-0.39, 0.29) is 11.1 Å². The summed E-state index contributed by atoms with van der Waals surface area (Å²) >= 11 is 0. The van der Waals surface area contributed by atoms with Crippen LogP contribution in [-0.2, 0) is 13.7 Å². The van der Waals surface area contributed by atoms with Gasteiger partial charge in [0, 0.05) is 12.7 Å². The molecule has 0 aliphatic rings. The Bertz CT molecular complexity index is 1280. The lowest BCUT2D eigenvalue weighted by atomic mass is 10.1. The van der Waals surface area contributed by atoms with E-state index < -0.39 is 5.91 Å². The SMILES string of the molecule is Cc1ccc2c(c1)c(=O)c(C(=O)Nc1cccc(COc3ccccc3)c1)nn2C. The third-order valence-electron chi connectivity index (χ3n) is 4.76. The molecule has 0 unspecified atom stereocenters. The molecule has 30 heavy (non-hydrogen) atoms. The monoisotopic (exact) mass is 399 g/mol. The standard InChI is InChI=1S/C24H21N3O3/c1-16-11-12-21-20(13-16)23(28)22(26-27(21)2)24(29)25-18-8-6-7-17(14-18)15-30-19-9-4-3-5-10-19/h3-14H,15H2,1-2H3,(H,25,29). The molecule has 1 heterocycles. The molecule has 0 fully saturated rings. The van der Waals surface area contributed by atoms with Crippen LogP contribution in [0.5, 0.6) is 5.75 Å². The van der Waals surface area contributed by atoms with Crippen molar-refractivity contribution in [2.75, 3.05) is 5.32 Å². The highest BCUT2D eigenvalue weighted by atomic mass is 16.5. The van der Waals surface area contributed by atoms with Crippen LogP contribution in [0, 0.1) is 6.92 Å². The molecule has 0 saturated carbocycles. The smallest absolute Gasteiger partial charge is 0.280 e. The number of hydrogen-bond donors (Lipinski definition) is 1. The summed E-state index contributed by atoms with van der Waals surface area (Å²) in [7, 11) is 1.72. The minimum atomic E-state index is -0.542. The maximum atomic E-state index is 12.8. The second-order valence-corrected chi connectivity index (χ2v) is 7.08. The van der Waals surface area contributed by atoms with Crippen molar-refractivity contribution in [1.29, 1.82) is 0 Å². The lowest BCUT2D eigenvalue weighted by Crippen LogP contribution is -2.26. The van der Waals surface area contributed by atoms with Crippen molar-refractivity contribution in [3.05, 3.63) is 99.8 Å². The summed E-state index contributed by atoms with van der Waals surface area (Å²) in [5.74, 6) is 0.228. The molecule has 3 aromatic carbocycles. The number of carbonyl (C=O) groups excluding carboxylic acids is 1. The van der Waals surface area contributed by atoms with Crippen LogP contribution in [0.1, 0.15) is 21.6 Å². The van der Waals surface area contributed by atoms with Gasteiger partial charge in [0.05, 0.1) is 10.9 Å². The van der Waals surface area contributed by atoms with E-state index in [1.165, 1.54) is 0 Å². The van der Waals surface area contributed by atoms with Crippen molar-refractivity contribution in [3.63, 3.8) is 0 Å². The van der Waals surface area contributed by atoms with Gasteiger partial charge in [0.25, 0.3) is 5.91 Å². The lowest BCUT2D eigenvalue weighted by molar-refractivity contribution is 0.101. The summed E-state index contributed by atoms with van der Waals surface area (Å²) in [6, 6.07) is 22.3. The van der Waals surface area contributed by atoms with Gasteiger partial charge in [-0.2, -0.15) is 5.10 Å². The summed E-state index contributed by atoms with van der Waals surface area (Å²) in [5.41, 5.74) is 2.58. The average molecular weight is 399 g/mol. The van der Waals surface area contributed by atoms with Crippen molar-refractivity contribution in [3.8, 4) is 5.75 Å². The molecule has 0 bridgehead atoms. The first kappa shape index (κ1) is 19.4. The fourth-order valence-corrected chi connectivity index (χ4v) is 3.25. The number of carbonyl (C=O) groups is 1. The number of aryl methyl sites for hydroxylation is 2. The zero-order valence-corrected chi connectivity index (χ0v) is 16.8. The van der Waals surface area contributed by atoms with Gasteiger partial charge in [-0.15, -0.1) is 0 Å². The summed E-state index contributed by atoms with van der Waals surface area (Å²) in [6.45, 7) is 2.27. The molecule has 0 radical (unpaired) electrons. The predicted molar refractivity (Wildman–Crippen MR) is 117 cm³/mol. The molecule has 4 rings (SSSR count). The topological polar surface area (TPSA) is 73.2 Å². The van der Waals surface area contributed by atoms with Crippen molar-refractivity contribution >= 4 is 22.5 Å². The van der Waals surface area contributed by atoms with E-state index in [0.717, 1.165) is 16.9 Å². The Morgan fingerprint density at radius 2 is 1.83 bits per heavy atom. The Morgan fingerprint density at radius 1 is 1.03 bits per heavy atom. The molecular formula is C24H21N3O3. The molecule has 0 saturated heterocycles. The third kappa shape index (κ3) is 4.07. The highest BCUT2D eigenvalue weighted by Gasteiger charge is 2.17. The highest BCUT2D eigenvalue weighted by Crippen LogP contribution is 2.16. The Hall–Kier alpha value is -3.93. The fraction of sp³-hybridized carbons (Fsp3) is 0.125. The summed E-state index contributed by atoms with van der Waals surface area (Å²) in [6.07, 6.45) is 0. The normalized spacial score (nSPS) is 10.7. The molecule has 1 amide bonds. The maximum absolute atomic E-state index is 12.8. The zero-order valence-electron chi connectivity index (χ0n) is 16.8. The van der Waals surface area contributed by atoms with Crippen LogP contribution < -0.4 is 15.5 Å². The van der Waals surface area contributed by atoms with Gasteiger partial charge in [-0.1, -0.05) is 42.0 Å². The number of ether oxygens (including phenoxy) is 1. The van der Waals surface area contributed by atoms with Gasteiger partial charge < -0.3 is 10.1 Å². The van der Waals surface area contributed by atoms with Crippen molar-refractivity contribution in [1.82, 2.24) is 9.78 Å². The fourth-order valence-electron chi connectivity index (χ4n) is 3.25. The Labute approximate surface area is 173 Å². The minimum absolute atomic E-state index is 0.137. The van der Waals surface area contributed by atoms with Crippen LogP contribution >= 0.6 is 0 Å². The molecule has 1 N–H and O–H groups in total. The number of para-hydroxylation sites is 1. The third-order valence-corrected chi connectivity index (χ3v) is 4.76. The summed E-state index contributed by atoms with van der Waals surface area (Å²) in [4.78, 5) is 25.6. The zero-order chi connectivity index (χ0) is 21.1. The van der Waals surface area contributed by atoms with Crippen LogP contribution in [0.25, 0.3) is 10.9 Å². The van der Waals surface area contributed by atoms with E-state index >= 15 is 0 Å². The number of benzene rings is 3. The number of nitrogens with one attached hydrogen (secondary N) is 1. The predicted octanol–water partition coefficient (Wildman–Crippen LogP) is 4.07. The average Bonchev–Trinajstić information content (AvgIpc) is 2.75. The van der Waals surface area contributed by atoms with Crippen LogP contribution in [0.2, 0.25) is 0 Å². The van der Waals surface area contributed by atoms with Crippen molar-refractivity contribution in [2.45, 2.75) is 13.5 Å². The number of anilines is 1. The molecule has 150 valence electrons. The molecule has 6 heteroatoms. The van der Waals surface area contributed by atoms with Gasteiger partial charge in [0.1, 0.15) is 12.4 Å². The van der Waals surface area contributed by atoms with Crippen molar-refractivity contribution in [2.24, 2.45) is 7.05 Å². The van der Waals surface area contributed by atoms with E-state index in [2.05, 4.69) is 10.4 Å². The van der Waals surface area contributed by atoms with Crippen LogP contribution in [0.4, 0.5) is 5.69 Å². The van der Waals surface area contributed by atoms with Crippen molar-refractivity contribution < 1.29 is 9.53 Å². The van der Waals surface area contributed by atoms with Crippen LogP contribution in [-0.4, -0.2) is 15.7 Å². The first-order chi connectivity index (χ1) is 14.5. The van der Waals surface area contributed by atoms with Gasteiger partial charge in [-0.25, -0.2) is 0 Å². The summed E-state index contributed by atoms with van der Waals surface area (Å²) in [5, 5.41) is 7.44. The second kappa shape index (κ2) is 8.21. The van der Waals surface area contributed by atoms with Gasteiger partial charge in [0.15, 0.2) is 5.69 Å².